The number of rotatable bonds is 12. The highest BCUT2D eigenvalue weighted by Gasteiger charge is 2.27. The average Bonchev–Trinajstić information content (AvgIpc) is 2.86. The van der Waals surface area contributed by atoms with Gasteiger partial charge in [0.25, 0.3) is 5.56 Å². The van der Waals surface area contributed by atoms with Gasteiger partial charge in [0.2, 0.25) is 5.91 Å². The molecule has 7 nitrogen and oxygen atoms in total. The van der Waals surface area contributed by atoms with Crippen molar-refractivity contribution in [2.75, 3.05) is 20.6 Å². The average molecular weight is 532 g/mol. The van der Waals surface area contributed by atoms with E-state index in [0.29, 0.717) is 12.0 Å². The monoisotopic (exact) mass is 531 g/mol. The lowest BCUT2D eigenvalue weighted by Gasteiger charge is -2.26. The second-order valence-corrected chi connectivity index (χ2v) is 11.0. The van der Waals surface area contributed by atoms with E-state index < -0.39 is 18.1 Å². The van der Waals surface area contributed by atoms with Crippen LogP contribution in [-0.2, 0) is 16.0 Å². The zero-order valence-electron chi connectivity index (χ0n) is 23.9. The van der Waals surface area contributed by atoms with Crippen molar-refractivity contribution in [3.8, 4) is 11.1 Å². The Hall–Kier alpha value is -3.71. The van der Waals surface area contributed by atoms with Crippen molar-refractivity contribution in [3.05, 3.63) is 93.4 Å². The Morgan fingerprint density at radius 3 is 2.28 bits per heavy atom. The predicted molar refractivity (Wildman–Crippen MR) is 156 cm³/mol. The molecule has 2 aromatic carbocycles. The Bertz CT molecular complexity index is 1340. The third-order valence-corrected chi connectivity index (χ3v) is 6.93. The largest absolute Gasteiger partial charge is 0.481 e. The number of nitrogens with zero attached hydrogens (tertiary/aromatic N) is 2. The number of aliphatic carboxylic acids is 1. The highest BCUT2D eigenvalue weighted by atomic mass is 16.4. The molecule has 1 aromatic heterocycles. The number of likely N-dealkylation sites (N-methyl/N-ethyl adjacent to an activating group) is 1. The van der Waals surface area contributed by atoms with E-state index in [1.54, 1.807) is 12.3 Å². The molecule has 0 aliphatic heterocycles. The van der Waals surface area contributed by atoms with E-state index in [2.05, 4.69) is 10.2 Å². The molecule has 0 saturated carbocycles. The number of hydrogen-bond acceptors (Lipinski definition) is 4. The molecule has 3 aromatic rings. The molecule has 0 bridgehead atoms. The molecule has 0 aliphatic carbocycles. The topological polar surface area (TPSA) is 91.6 Å². The molecule has 0 saturated heterocycles. The Morgan fingerprint density at radius 1 is 1.00 bits per heavy atom. The summed E-state index contributed by atoms with van der Waals surface area (Å²) in [6.07, 6.45) is 2.70. The Morgan fingerprint density at radius 2 is 1.67 bits per heavy atom. The fraction of sp³-hybridized carbons (Fsp3) is 0.406. The summed E-state index contributed by atoms with van der Waals surface area (Å²) in [5.74, 6) is -1.23. The number of carboxylic acids is 1. The molecule has 39 heavy (non-hydrogen) atoms. The van der Waals surface area contributed by atoms with Crippen LogP contribution in [0.2, 0.25) is 0 Å². The lowest BCUT2D eigenvalue weighted by atomic mass is 9.92. The zero-order valence-corrected chi connectivity index (χ0v) is 23.9. The molecular formula is C32H41N3O4. The number of aromatic nitrogens is 1. The predicted octanol–water partition coefficient (Wildman–Crippen LogP) is 5.16. The third kappa shape index (κ3) is 8.14. The van der Waals surface area contributed by atoms with Crippen LogP contribution in [0.3, 0.4) is 0 Å². The smallest absolute Gasteiger partial charge is 0.305 e. The first-order chi connectivity index (χ1) is 18.5. The SMILES string of the molecule is Cc1cccc(C)c1-c1cccc([C@H](CC(=O)O)NC(=O)[C@@H](CC(C)C)n2cc(CCN(C)C)ccc2=O)c1. The number of aryl methyl sites for hydroxylation is 2. The number of nitrogens with one attached hydrogen (secondary N) is 1. The van der Waals surface area contributed by atoms with E-state index >= 15 is 0 Å². The van der Waals surface area contributed by atoms with E-state index in [9.17, 15) is 19.5 Å². The molecule has 2 atom stereocenters. The molecule has 3 rings (SSSR count). The maximum atomic E-state index is 13.8. The van der Waals surface area contributed by atoms with E-state index in [0.717, 1.165) is 40.8 Å². The molecular weight excluding hydrogens is 490 g/mol. The Kier molecular flexibility index (Phi) is 10.2. The summed E-state index contributed by atoms with van der Waals surface area (Å²) in [6, 6.07) is 15.6. The molecule has 1 heterocycles. The van der Waals surface area contributed by atoms with Crippen molar-refractivity contribution in [1.82, 2.24) is 14.8 Å². The molecule has 0 unspecified atom stereocenters. The van der Waals surface area contributed by atoms with Crippen LogP contribution in [0.5, 0.6) is 0 Å². The summed E-state index contributed by atoms with van der Waals surface area (Å²) in [7, 11) is 3.98. The number of carbonyl (C=O) groups is 2. The minimum atomic E-state index is -1.01. The van der Waals surface area contributed by atoms with Crippen molar-refractivity contribution in [3.63, 3.8) is 0 Å². The summed E-state index contributed by atoms with van der Waals surface area (Å²) in [5.41, 5.74) is 5.73. The number of amides is 1. The van der Waals surface area contributed by atoms with Crippen LogP contribution in [0.25, 0.3) is 11.1 Å². The van der Waals surface area contributed by atoms with Gasteiger partial charge >= 0.3 is 5.97 Å². The number of benzene rings is 2. The van der Waals surface area contributed by atoms with Gasteiger partial charge in [0.1, 0.15) is 6.04 Å². The van der Waals surface area contributed by atoms with Crippen LogP contribution in [0.15, 0.2) is 65.6 Å². The molecule has 208 valence electrons. The van der Waals surface area contributed by atoms with Crippen molar-refractivity contribution in [2.24, 2.45) is 5.92 Å². The van der Waals surface area contributed by atoms with Gasteiger partial charge in [-0.2, -0.15) is 0 Å². The van der Waals surface area contributed by atoms with Gasteiger partial charge in [0, 0.05) is 18.8 Å². The van der Waals surface area contributed by atoms with Crippen LogP contribution in [-0.4, -0.2) is 47.1 Å². The number of pyridine rings is 1. The third-order valence-electron chi connectivity index (χ3n) is 6.93. The summed E-state index contributed by atoms with van der Waals surface area (Å²) >= 11 is 0. The van der Waals surface area contributed by atoms with Gasteiger partial charge in [0.15, 0.2) is 0 Å². The van der Waals surface area contributed by atoms with Crippen molar-refractivity contribution < 1.29 is 14.7 Å². The molecule has 0 radical (unpaired) electrons. The van der Waals surface area contributed by atoms with Gasteiger partial charge in [-0.05, 0) is 86.1 Å². The van der Waals surface area contributed by atoms with Gasteiger partial charge in [0.05, 0.1) is 12.5 Å². The summed E-state index contributed by atoms with van der Waals surface area (Å²) in [4.78, 5) is 40.6. The molecule has 0 aliphatic rings. The van der Waals surface area contributed by atoms with Crippen LogP contribution in [0.1, 0.15) is 61.0 Å². The molecule has 0 fully saturated rings. The van der Waals surface area contributed by atoms with E-state index in [4.69, 9.17) is 0 Å². The summed E-state index contributed by atoms with van der Waals surface area (Å²) < 4.78 is 1.51. The van der Waals surface area contributed by atoms with Gasteiger partial charge in [-0.3, -0.25) is 14.4 Å². The van der Waals surface area contributed by atoms with E-state index in [1.807, 2.05) is 84.3 Å². The van der Waals surface area contributed by atoms with Gasteiger partial charge in [-0.25, -0.2) is 0 Å². The van der Waals surface area contributed by atoms with Crippen molar-refractivity contribution in [2.45, 2.75) is 59.0 Å². The first-order valence-electron chi connectivity index (χ1n) is 13.5. The number of carboxylic acid groups (broad SMARTS) is 1. The lowest BCUT2D eigenvalue weighted by molar-refractivity contribution is -0.138. The van der Waals surface area contributed by atoms with Crippen LogP contribution >= 0.6 is 0 Å². The summed E-state index contributed by atoms with van der Waals surface area (Å²) in [6.45, 7) is 8.92. The number of hydrogen-bond donors (Lipinski definition) is 2. The minimum absolute atomic E-state index is 0.142. The fourth-order valence-corrected chi connectivity index (χ4v) is 4.96. The maximum absolute atomic E-state index is 13.8. The molecule has 0 spiro atoms. The quantitative estimate of drug-likeness (QED) is 0.337. The van der Waals surface area contributed by atoms with E-state index in [1.165, 1.54) is 10.6 Å². The van der Waals surface area contributed by atoms with Gasteiger partial charge in [-0.1, -0.05) is 56.3 Å². The summed E-state index contributed by atoms with van der Waals surface area (Å²) in [5, 5.41) is 12.7. The highest BCUT2D eigenvalue weighted by molar-refractivity contribution is 5.82. The lowest BCUT2D eigenvalue weighted by Crippen LogP contribution is -2.40. The van der Waals surface area contributed by atoms with Gasteiger partial charge < -0.3 is 19.9 Å². The van der Waals surface area contributed by atoms with Crippen LogP contribution in [0, 0.1) is 19.8 Å². The fourth-order valence-electron chi connectivity index (χ4n) is 4.96. The standard InChI is InChI=1S/C32H41N3O4/c1-21(2)17-28(35-20-24(13-14-29(35)36)15-16-34(5)6)32(39)33-27(19-30(37)38)25-11-8-12-26(18-25)31-22(3)9-7-10-23(31)4/h7-14,18,20-21,27-28H,15-17,19H2,1-6H3,(H,33,39)(H,37,38)/t27-,28+/m0/s1. The van der Waals surface area contributed by atoms with Crippen LogP contribution < -0.4 is 10.9 Å². The molecule has 2 N–H and O–H groups in total. The van der Waals surface area contributed by atoms with Crippen LogP contribution in [0.4, 0.5) is 0 Å². The molecule has 1 amide bonds. The number of carbonyl (C=O) groups excluding carboxylic acids is 1. The second kappa shape index (κ2) is 13.4. The van der Waals surface area contributed by atoms with E-state index in [-0.39, 0.29) is 23.8 Å². The Labute approximate surface area is 231 Å². The normalized spacial score (nSPS) is 12.9. The minimum Gasteiger partial charge on any atom is -0.481 e. The van der Waals surface area contributed by atoms with Crippen molar-refractivity contribution >= 4 is 11.9 Å². The van der Waals surface area contributed by atoms with Crippen molar-refractivity contribution in [1.29, 1.82) is 0 Å². The highest BCUT2D eigenvalue weighted by Crippen LogP contribution is 2.30. The Balaban J connectivity index is 1.97. The zero-order chi connectivity index (χ0) is 28.7. The second-order valence-electron chi connectivity index (χ2n) is 11.0. The molecule has 7 heteroatoms. The first kappa shape index (κ1) is 29.8. The first-order valence-corrected chi connectivity index (χ1v) is 13.5. The maximum Gasteiger partial charge on any atom is 0.305 e. The van der Waals surface area contributed by atoms with Gasteiger partial charge in [-0.15, -0.1) is 0 Å².